The fourth-order valence-corrected chi connectivity index (χ4v) is 3.90. The predicted molar refractivity (Wildman–Crippen MR) is 87.9 cm³/mol. The van der Waals surface area contributed by atoms with Crippen molar-refractivity contribution in [3.63, 3.8) is 0 Å². The smallest absolute Gasteiger partial charge is 0.173 e. The Hall–Kier alpha value is -1.75. The van der Waals surface area contributed by atoms with E-state index in [1.165, 1.54) is 0 Å². The van der Waals surface area contributed by atoms with Gasteiger partial charge in [-0.1, -0.05) is 30.7 Å². The highest BCUT2D eigenvalue weighted by Gasteiger charge is 2.23. The minimum atomic E-state index is 0.0363. The van der Waals surface area contributed by atoms with Crippen molar-refractivity contribution in [1.29, 1.82) is 0 Å². The average Bonchev–Trinajstić information content (AvgIpc) is 2.92. The molecule has 3 rings (SSSR count). The molecule has 1 heterocycles. The fourth-order valence-electron chi connectivity index (χ4n) is 2.71. The van der Waals surface area contributed by atoms with E-state index >= 15 is 0 Å². The molecular formula is C17H20N2O2S. The van der Waals surface area contributed by atoms with Crippen molar-refractivity contribution >= 4 is 17.5 Å². The summed E-state index contributed by atoms with van der Waals surface area (Å²) in [7, 11) is 1.66. The van der Waals surface area contributed by atoms with Crippen molar-refractivity contribution in [2.45, 2.75) is 42.5 Å². The Morgan fingerprint density at radius 2 is 2.23 bits per heavy atom. The van der Waals surface area contributed by atoms with Crippen molar-refractivity contribution in [2.24, 2.45) is 0 Å². The molecule has 22 heavy (non-hydrogen) atoms. The molecule has 116 valence electrons. The van der Waals surface area contributed by atoms with Crippen LogP contribution in [0.2, 0.25) is 0 Å². The van der Waals surface area contributed by atoms with Gasteiger partial charge in [0.2, 0.25) is 0 Å². The van der Waals surface area contributed by atoms with Gasteiger partial charge in [0.25, 0.3) is 0 Å². The zero-order valence-corrected chi connectivity index (χ0v) is 13.5. The summed E-state index contributed by atoms with van der Waals surface area (Å²) in [6.07, 6.45) is 8.68. The minimum absolute atomic E-state index is 0.0363. The lowest BCUT2D eigenvalue weighted by Gasteiger charge is -2.14. The topological polar surface area (TPSA) is 44.1 Å². The van der Waals surface area contributed by atoms with Gasteiger partial charge >= 0.3 is 0 Å². The normalized spacial score (nSPS) is 19.0. The fraction of sp³-hybridized carbons (Fsp3) is 0.412. The predicted octanol–water partition coefficient (Wildman–Crippen LogP) is 3.87. The maximum absolute atomic E-state index is 12.2. The number of nitrogens with zero attached hydrogens (tertiary/aromatic N) is 2. The first-order valence-corrected chi connectivity index (χ1v) is 8.53. The second-order valence-corrected chi connectivity index (χ2v) is 6.62. The van der Waals surface area contributed by atoms with E-state index in [-0.39, 0.29) is 5.25 Å². The molecule has 0 radical (unpaired) electrons. The molecule has 0 N–H and O–H groups in total. The number of rotatable bonds is 4. The largest absolute Gasteiger partial charge is 0.497 e. The van der Waals surface area contributed by atoms with E-state index in [0.29, 0.717) is 12.2 Å². The van der Waals surface area contributed by atoms with E-state index in [1.54, 1.807) is 25.1 Å². The highest BCUT2D eigenvalue weighted by Crippen LogP contribution is 2.31. The van der Waals surface area contributed by atoms with Crippen LogP contribution in [0.25, 0.3) is 5.69 Å². The highest BCUT2D eigenvalue weighted by molar-refractivity contribution is 8.00. The number of hydrogen-bond donors (Lipinski definition) is 0. The monoisotopic (exact) mass is 316 g/mol. The van der Waals surface area contributed by atoms with E-state index in [2.05, 4.69) is 4.98 Å². The van der Waals surface area contributed by atoms with Crippen molar-refractivity contribution in [1.82, 2.24) is 9.55 Å². The Kier molecular flexibility index (Phi) is 4.83. The quantitative estimate of drug-likeness (QED) is 0.803. The van der Waals surface area contributed by atoms with Crippen LogP contribution in [0.15, 0.2) is 41.8 Å². The van der Waals surface area contributed by atoms with E-state index in [1.807, 2.05) is 35.0 Å². The third kappa shape index (κ3) is 3.35. The molecule has 1 fully saturated rings. The van der Waals surface area contributed by atoms with Crippen LogP contribution >= 0.6 is 11.8 Å². The van der Waals surface area contributed by atoms with E-state index in [4.69, 9.17) is 4.74 Å². The molecule has 1 aromatic carbocycles. The summed E-state index contributed by atoms with van der Waals surface area (Å²) in [6.45, 7) is 0. The van der Waals surface area contributed by atoms with Gasteiger partial charge in [-0.05, 0) is 25.0 Å². The number of methoxy groups -OCH3 is 1. The van der Waals surface area contributed by atoms with Gasteiger partial charge in [0.15, 0.2) is 5.16 Å². The van der Waals surface area contributed by atoms with Crippen molar-refractivity contribution in [3.05, 3.63) is 36.7 Å². The van der Waals surface area contributed by atoms with Crippen LogP contribution < -0.4 is 4.74 Å². The van der Waals surface area contributed by atoms with Crippen molar-refractivity contribution in [3.8, 4) is 11.4 Å². The standard InChI is InChI=1S/C17H20N2O2S/c1-21-14-7-5-6-13(12-14)19-11-10-18-17(19)22-16-9-4-2-3-8-15(16)20/h5-7,10-12,16H,2-4,8-9H2,1H3/t16-/m1/s1. The van der Waals surface area contributed by atoms with Gasteiger partial charge in [0, 0.05) is 24.9 Å². The van der Waals surface area contributed by atoms with Gasteiger partial charge in [0.1, 0.15) is 11.5 Å². The zero-order valence-electron chi connectivity index (χ0n) is 12.7. The number of benzene rings is 1. The summed E-state index contributed by atoms with van der Waals surface area (Å²) >= 11 is 1.59. The van der Waals surface area contributed by atoms with Gasteiger partial charge in [0.05, 0.1) is 18.0 Å². The van der Waals surface area contributed by atoms with Crippen molar-refractivity contribution in [2.75, 3.05) is 7.11 Å². The molecule has 0 bridgehead atoms. The molecule has 0 amide bonds. The molecular weight excluding hydrogens is 296 g/mol. The number of hydrogen-bond acceptors (Lipinski definition) is 4. The van der Waals surface area contributed by atoms with Crippen LogP contribution in [0.5, 0.6) is 5.75 Å². The van der Waals surface area contributed by atoms with Gasteiger partial charge < -0.3 is 4.74 Å². The van der Waals surface area contributed by atoms with Crippen LogP contribution in [0.3, 0.4) is 0 Å². The lowest BCUT2D eigenvalue weighted by Crippen LogP contribution is -2.15. The molecule has 0 unspecified atom stereocenters. The lowest BCUT2D eigenvalue weighted by atomic mass is 10.2. The molecule has 0 aliphatic heterocycles. The Morgan fingerprint density at radius 1 is 1.32 bits per heavy atom. The van der Waals surface area contributed by atoms with Gasteiger partial charge in [-0.3, -0.25) is 9.36 Å². The SMILES string of the molecule is COc1cccc(-n2ccnc2S[C@@H]2CCCCCC2=O)c1. The maximum Gasteiger partial charge on any atom is 0.173 e. The molecule has 1 aliphatic rings. The van der Waals surface area contributed by atoms with Gasteiger partial charge in [-0.2, -0.15) is 0 Å². The first kappa shape index (κ1) is 15.2. The van der Waals surface area contributed by atoms with Crippen LogP contribution in [0.1, 0.15) is 32.1 Å². The molecule has 1 saturated carbocycles. The summed E-state index contributed by atoms with van der Waals surface area (Å²) in [5, 5.41) is 0.905. The number of imidazole rings is 1. The molecule has 5 heteroatoms. The van der Waals surface area contributed by atoms with E-state index in [9.17, 15) is 4.79 Å². The summed E-state index contributed by atoms with van der Waals surface area (Å²) in [6, 6.07) is 7.87. The highest BCUT2D eigenvalue weighted by atomic mass is 32.2. The Labute approximate surface area is 134 Å². The molecule has 2 aromatic rings. The zero-order chi connectivity index (χ0) is 15.4. The number of carbonyl (C=O) groups is 1. The van der Waals surface area contributed by atoms with Crippen LogP contribution in [-0.2, 0) is 4.79 Å². The van der Waals surface area contributed by atoms with E-state index < -0.39 is 0 Å². The third-order valence-electron chi connectivity index (χ3n) is 3.93. The Morgan fingerprint density at radius 3 is 3.09 bits per heavy atom. The maximum atomic E-state index is 12.2. The Balaban J connectivity index is 1.83. The van der Waals surface area contributed by atoms with Crippen LogP contribution in [-0.4, -0.2) is 27.7 Å². The van der Waals surface area contributed by atoms with Crippen LogP contribution in [0.4, 0.5) is 0 Å². The third-order valence-corrected chi connectivity index (χ3v) is 5.23. The van der Waals surface area contributed by atoms with Crippen molar-refractivity contribution < 1.29 is 9.53 Å². The number of ketones is 1. The Bertz CT molecular complexity index is 654. The number of aromatic nitrogens is 2. The second kappa shape index (κ2) is 7.01. The summed E-state index contributed by atoms with van der Waals surface area (Å²) in [5.74, 6) is 1.18. The molecule has 1 aliphatic carbocycles. The number of ether oxygens (including phenoxy) is 1. The average molecular weight is 316 g/mol. The number of Topliss-reactive ketones (excluding diaryl/α,β-unsaturated/α-hetero) is 1. The number of thioether (sulfide) groups is 1. The van der Waals surface area contributed by atoms with E-state index in [0.717, 1.165) is 42.3 Å². The minimum Gasteiger partial charge on any atom is -0.497 e. The molecule has 1 atom stereocenters. The van der Waals surface area contributed by atoms with Crippen LogP contribution in [0, 0.1) is 0 Å². The second-order valence-electron chi connectivity index (χ2n) is 5.45. The first-order valence-electron chi connectivity index (χ1n) is 7.65. The number of carbonyl (C=O) groups excluding carboxylic acids is 1. The van der Waals surface area contributed by atoms with Gasteiger partial charge in [-0.25, -0.2) is 4.98 Å². The molecule has 4 nitrogen and oxygen atoms in total. The first-order chi connectivity index (χ1) is 10.8. The summed E-state index contributed by atoms with van der Waals surface area (Å²) < 4.78 is 7.30. The molecule has 1 aromatic heterocycles. The lowest BCUT2D eigenvalue weighted by molar-refractivity contribution is -0.118. The molecule has 0 saturated heterocycles. The molecule has 0 spiro atoms. The summed E-state index contributed by atoms with van der Waals surface area (Å²) in [5.41, 5.74) is 1.00. The summed E-state index contributed by atoms with van der Waals surface area (Å²) in [4.78, 5) is 16.7. The van der Waals surface area contributed by atoms with Gasteiger partial charge in [-0.15, -0.1) is 0 Å².